The molecule has 1 atom stereocenters. The molecule has 14 heavy (non-hydrogen) atoms. The summed E-state index contributed by atoms with van der Waals surface area (Å²) in [6.07, 6.45) is 0.367. The van der Waals surface area contributed by atoms with Crippen LogP contribution in [0, 0.1) is 0 Å². The van der Waals surface area contributed by atoms with Crippen molar-refractivity contribution in [3.63, 3.8) is 0 Å². The van der Waals surface area contributed by atoms with Crippen molar-refractivity contribution in [2.24, 2.45) is 5.73 Å². The fourth-order valence-corrected chi connectivity index (χ4v) is 2.07. The first-order valence-electron chi connectivity index (χ1n) is 4.78. The summed E-state index contributed by atoms with van der Waals surface area (Å²) >= 11 is 0. The first-order valence-corrected chi connectivity index (χ1v) is 4.78. The molecule has 0 aromatic heterocycles. The number of benzene rings is 1. The van der Waals surface area contributed by atoms with E-state index in [1.54, 1.807) is 6.07 Å². The molecular formula is C11H13F2N. The summed E-state index contributed by atoms with van der Waals surface area (Å²) in [6.45, 7) is 1.83. The molecule has 0 fully saturated rings. The molecule has 1 unspecified atom stereocenters. The standard InChI is InChI=1S/C11H13F2N/c1-7(14)8-3-2-4-10-9(8)5-6-11(10,12)13/h2-4,7H,5-6,14H2,1H3. The third kappa shape index (κ3) is 1.32. The van der Waals surface area contributed by atoms with Gasteiger partial charge in [0.2, 0.25) is 0 Å². The molecule has 0 aliphatic heterocycles. The Morgan fingerprint density at radius 2 is 2.14 bits per heavy atom. The van der Waals surface area contributed by atoms with Crippen molar-refractivity contribution in [1.29, 1.82) is 0 Å². The summed E-state index contributed by atoms with van der Waals surface area (Å²) < 4.78 is 26.7. The van der Waals surface area contributed by atoms with E-state index in [2.05, 4.69) is 0 Å². The van der Waals surface area contributed by atoms with Crippen molar-refractivity contribution >= 4 is 0 Å². The maximum atomic E-state index is 13.3. The second-order valence-electron chi connectivity index (χ2n) is 3.87. The molecule has 0 saturated heterocycles. The van der Waals surface area contributed by atoms with Crippen LogP contribution in [0.2, 0.25) is 0 Å². The van der Waals surface area contributed by atoms with Gasteiger partial charge in [0.05, 0.1) is 0 Å². The molecule has 0 bridgehead atoms. The van der Waals surface area contributed by atoms with E-state index < -0.39 is 5.92 Å². The van der Waals surface area contributed by atoms with Crippen LogP contribution in [0.1, 0.15) is 36.1 Å². The van der Waals surface area contributed by atoms with Gasteiger partial charge in [-0.05, 0) is 24.5 Å². The largest absolute Gasteiger partial charge is 0.324 e. The molecule has 1 aromatic carbocycles. The van der Waals surface area contributed by atoms with E-state index in [0.29, 0.717) is 6.42 Å². The molecule has 1 nitrogen and oxygen atoms in total. The van der Waals surface area contributed by atoms with E-state index in [1.807, 2.05) is 13.0 Å². The second kappa shape index (κ2) is 3.02. The van der Waals surface area contributed by atoms with Crippen molar-refractivity contribution < 1.29 is 8.78 Å². The lowest BCUT2D eigenvalue weighted by Crippen LogP contribution is -2.10. The highest BCUT2D eigenvalue weighted by atomic mass is 19.3. The molecule has 3 heteroatoms. The Morgan fingerprint density at radius 3 is 2.79 bits per heavy atom. The molecule has 1 aliphatic carbocycles. The van der Waals surface area contributed by atoms with Crippen LogP contribution < -0.4 is 5.73 Å². The molecule has 1 aromatic rings. The van der Waals surface area contributed by atoms with Crippen molar-refractivity contribution in [1.82, 2.24) is 0 Å². The maximum absolute atomic E-state index is 13.3. The monoisotopic (exact) mass is 197 g/mol. The van der Waals surface area contributed by atoms with Crippen LogP contribution in [0.3, 0.4) is 0 Å². The summed E-state index contributed by atoms with van der Waals surface area (Å²) in [5.41, 5.74) is 7.52. The molecule has 1 aliphatic rings. The smallest absolute Gasteiger partial charge is 0.273 e. The normalized spacial score (nSPS) is 20.6. The molecule has 2 rings (SSSR count). The van der Waals surface area contributed by atoms with Gasteiger partial charge >= 0.3 is 0 Å². The Hall–Kier alpha value is -0.960. The quantitative estimate of drug-likeness (QED) is 0.736. The summed E-state index contributed by atoms with van der Waals surface area (Å²) in [4.78, 5) is 0. The molecule has 0 radical (unpaired) electrons. The van der Waals surface area contributed by atoms with Crippen LogP contribution >= 0.6 is 0 Å². The second-order valence-corrected chi connectivity index (χ2v) is 3.87. The van der Waals surface area contributed by atoms with Crippen molar-refractivity contribution in [3.8, 4) is 0 Å². The van der Waals surface area contributed by atoms with E-state index in [9.17, 15) is 8.78 Å². The highest BCUT2D eigenvalue weighted by molar-refractivity contribution is 5.42. The zero-order chi connectivity index (χ0) is 10.3. The minimum Gasteiger partial charge on any atom is -0.324 e. The third-order valence-electron chi connectivity index (χ3n) is 2.79. The van der Waals surface area contributed by atoms with Crippen LogP contribution in [0.25, 0.3) is 0 Å². The van der Waals surface area contributed by atoms with Gasteiger partial charge in [-0.3, -0.25) is 0 Å². The number of fused-ring (bicyclic) bond motifs is 1. The van der Waals surface area contributed by atoms with Gasteiger partial charge in [0.25, 0.3) is 5.92 Å². The first kappa shape index (κ1) is 9.59. The molecular weight excluding hydrogens is 184 g/mol. The molecule has 0 saturated carbocycles. The minimum atomic E-state index is -2.65. The Labute approximate surface area is 81.9 Å². The summed E-state index contributed by atoms with van der Waals surface area (Å²) in [6, 6.07) is 4.84. The Kier molecular flexibility index (Phi) is 2.07. The lowest BCUT2D eigenvalue weighted by molar-refractivity contribution is -0.00184. The van der Waals surface area contributed by atoms with Crippen LogP contribution in [0.4, 0.5) is 8.78 Å². The minimum absolute atomic E-state index is 0.0773. The van der Waals surface area contributed by atoms with E-state index in [1.165, 1.54) is 6.07 Å². The molecule has 0 spiro atoms. The highest BCUT2D eigenvalue weighted by Gasteiger charge is 2.39. The van der Waals surface area contributed by atoms with Crippen LogP contribution in [0.5, 0.6) is 0 Å². The lowest BCUT2D eigenvalue weighted by atomic mass is 9.98. The van der Waals surface area contributed by atoms with Crippen LogP contribution in [-0.2, 0) is 12.3 Å². The number of hydrogen-bond donors (Lipinski definition) is 1. The highest BCUT2D eigenvalue weighted by Crippen LogP contribution is 2.43. The average Bonchev–Trinajstić information content (AvgIpc) is 2.42. The maximum Gasteiger partial charge on any atom is 0.273 e. The summed E-state index contributed by atoms with van der Waals surface area (Å²) in [5, 5.41) is 0. The number of halogens is 2. The fraction of sp³-hybridized carbons (Fsp3) is 0.455. The lowest BCUT2D eigenvalue weighted by Gasteiger charge is -2.13. The van der Waals surface area contributed by atoms with Gasteiger partial charge in [-0.15, -0.1) is 0 Å². The average molecular weight is 197 g/mol. The van der Waals surface area contributed by atoms with Gasteiger partial charge in [0.1, 0.15) is 0 Å². The van der Waals surface area contributed by atoms with Gasteiger partial charge in [-0.25, -0.2) is 8.78 Å². The van der Waals surface area contributed by atoms with Crippen LogP contribution in [0.15, 0.2) is 18.2 Å². The van der Waals surface area contributed by atoms with Crippen molar-refractivity contribution in [2.75, 3.05) is 0 Å². The van der Waals surface area contributed by atoms with Gasteiger partial charge in [0, 0.05) is 18.0 Å². The molecule has 2 N–H and O–H groups in total. The third-order valence-corrected chi connectivity index (χ3v) is 2.79. The van der Waals surface area contributed by atoms with Gasteiger partial charge in [0.15, 0.2) is 0 Å². The SMILES string of the molecule is CC(N)c1cccc2c1CCC2(F)F. The molecule has 76 valence electrons. The van der Waals surface area contributed by atoms with Gasteiger partial charge in [-0.1, -0.05) is 18.2 Å². The Bertz CT molecular complexity index is 358. The number of rotatable bonds is 1. The zero-order valence-corrected chi connectivity index (χ0v) is 8.06. The summed E-state index contributed by atoms with van der Waals surface area (Å²) in [7, 11) is 0. The predicted octanol–water partition coefficient (Wildman–Crippen LogP) is 2.74. The zero-order valence-electron chi connectivity index (χ0n) is 8.06. The Balaban J connectivity index is 2.56. The fourth-order valence-electron chi connectivity index (χ4n) is 2.07. The van der Waals surface area contributed by atoms with E-state index in [0.717, 1.165) is 11.1 Å². The molecule has 0 heterocycles. The predicted molar refractivity (Wildman–Crippen MR) is 51.3 cm³/mol. The van der Waals surface area contributed by atoms with Crippen molar-refractivity contribution in [2.45, 2.75) is 31.7 Å². The van der Waals surface area contributed by atoms with Crippen LogP contribution in [-0.4, -0.2) is 0 Å². The Morgan fingerprint density at radius 1 is 1.43 bits per heavy atom. The van der Waals surface area contributed by atoms with E-state index in [4.69, 9.17) is 5.73 Å². The molecule has 0 amide bonds. The number of nitrogens with two attached hydrogens (primary N) is 1. The summed E-state index contributed by atoms with van der Waals surface area (Å²) in [5.74, 6) is -2.65. The topological polar surface area (TPSA) is 26.0 Å². The van der Waals surface area contributed by atoms with E-state index >= 15 is 0 Å². The van der Waals surface area contributed by atoms with Gasteiger partial charge in [-0.2, -0.15) is 0 Å². The first-order chi connectivity index (χ1) is 6.52. The number of hydrogen-bond acceptors (Lipinski definition) is 1. The van der Waals surface area contributed by atoms with E-state index in [-0.39, 0.29) is 18.0 Å². The number of alkyl halides is 2. The van der Waals surface area contributed by atoms with Gasteiger partial charge < -0.3 is 5.73 Å². The van der Waals surface area contributed by atoms with Crippen molar-refractivity contribution in [3.05, 3.63) is 34.9 Å².